The van der Waals surface area contributed by atoms with E-state index in [9.17, 15) is 0 Å². The first-order chi connectivity index (χ1) is 6.79. The van der Waals surface area contributed by atoms with Crippen LogP contribution in [0.4, 0.5) is 0 Å². The Balaban J connectivity index is 2.58. The summed E-state index contributed by atoms with van der Waals surface area (Å²) in [6.45, 7) is 0. The van der Waals surface area contributed by atoms with Crippen LogP contribution in [0.25, 0.3) is 11.1 Å². The van der Waals surface area contributed by atoms with Crippen molar-refractivity contribution in [3.05, 3.63) is 51.7 Å². The molecule has 14 heavy (non-hydrogen) atoms. The molecule has 1 aromatic carbocycles. The monoisotopic (exact) mass is 311 g/mol. The first-order valence-corrected chi connectivity index (χ1v) is 5.73. The highest BCUT2D eigenvalue weighted by molar-refractivity contribution is 9.13. The second-order valence-electron chi connectivity index (χ2n) is 2.83. The molecular weight excluding hydrogens is 306 g/mol. The quantitative estimate of drug-likeness (QED) is 0.716. The number of pyridine rings is 1. The van der Waals surface area contributed by atoms with Gasteiger partial charge in [0.1, 0.15) is 4.60 Å². The molecule has 0 radical (unpaired) electrons. The number of rotatable bonds is 1. The number of aromatic nitrogens is 1. The van der Waals surface area contributed by atoms with Crippen molar-refractivity contribution in [2.24, 2.45) is 0 Å². The Morgan fingerprint density at radius 3 is 2.36 bits per heavy atom. The summed E-state index contributed by atoms with van der Waals surface area (Å²) in [5.41, 5.74) is 2.33. The highest BCUT2D eigenvalue weighted by atomic mass is 79.9. The Hall–Kier alpha value is -0.670. The van der Waals surface area contributed by atoms with Gasteiger partial charge in [-0.1, -0.05) is 30.3 Å². The standard InChI is InChI=1S/C11H7Br2N/c12-10-9(6-7-14-11(10)13)8-4-2-1-3-5-8/h1-7H. The Morgan fingerprint density at radius 1 is 0.929 bits per heavy atom. The molecule has 0 bridgehead atoms. The maximum atomic E-state index is 4.13. The Kier molecular flexibility index (Phi) is 2.99. The molecule has 0 atom stereocenters. The summed E-state index contributed by atoms with van der Waals surface area (Å²) in [7, 11) is 0. The van der Waals surface area contributed by atoms with E-state index in [-0.39, 0.29) is 0 Å². The van der Waals surface area contributed by atoms with Crippen molar-refractivity contribution >= 4 is 31.9 Å². The summed E-state index contributed by atoms with van der Waals surface area (Å²) in [5, 5.41) is 0. The van der Waals surface area contributed by atoms with E-state index in [4.69, 9.17) is 0 Å². The molecule has 0 saturated carbocycles. The maximum Gasteiger partial charge on any atom is 0.120 e. The molecule has 0 fully saturated rings. The van der Waals surface area contributed by atoms with E-state index >= 15 is 0 Å². The third-order valence-corrected chi connectivity index (χ3v) is 3.87. The molecule has 0 saturated heterocycles. The van der Waals surface area contributed by atoms with Crippen molar-refractivity contribution in [2.45, 2.75) is 0 Å². The van der Waals surface area contributed by atoms with Gasteiger partial charge in [0.05, 0.1) is 4.47 Å². The first-order valence-electron chi connectivity index (χ1n) is 4.14. The minimum absolute atomic E-state index is 0.832. The molecule has 70 valence electrons. The molecule has 0 amide bonds. The number of nitrogens with zero attached hydrogens (tertiary/aromatic N) is 1. The Morgan fingerprint density at radius 2 is 1.64 bits per heavy atom. The van der Waals surface area contributed by atoms with Crippen LogP contribution >= 0.6 is 31.9 Å². The average molecular weight is 313 g/mol. The molecular formula is C11H7Br2N. The lowest BCUT2D eigenvalue weighted by Gasteiger charge is -2.04. The van der Waals surface area contributed by atoms with Gasteiger partial charge in [0.2, 0.25) is 0 Å². The lowest BCUT2D eigenvalue weighted by molar-refractivity contribution is 1.26. The van der Waals surface area contributed by atoms with E-state index in [1.807, 2.05) is 24.3 Å². The number of hydrogen-bond acceptors (Lipinski definition) is 1. The molecule has 1 aromatic heterocycles. The van der Waals surface area contributed by atoms with Gasteiger partial charge in [0.15, 0.2) is 0 Å². The highest BCUT2D eigenvalue weighted by Gasteiger charge is 2.05. The predicted octanol–water partition coefficient (Wildman–Crippen LogP) is 4.27. The van der Waals surface area contributed by atoms with Crippen LogP contribution in [0.3, 0.4) is 0 Å². The highest BCUT2D eigenvalue weighted by Crippen LogP contribution is 2.32. The summed E-state index contributed by atoms with van der Waals surface area (Å²) >= 11 is 6.89. The van der Waals surface area contributed by atoms with E-state index in [2.05, 4.69) is 49.0 Å². The Bertz CT molecular complexity index is 440. The zero-order valence-electron chi connectivity index (χ0n) is 7.24. The third-order valence-electron chi connectivity index (χ3n) is 1.93. The minimum Gasteiger partial charge on any atom is -0.248 e. The van der Waals surface area contributed by atoms with Crippen LogP contribution in [-0.2, 0) is 0 Å². The SMILES string of the molecule is Brc1nccc(-c2ccccc2)c1Br. The molecule has 1 heterocycles. The topological polar surface area (TPSA) is 12.9 Å². The summed E-state index contributed by atoms with van der Waals surface area (Å²) in [6.07, 6.45) is 1.79. The van der Waals surface area contributed by atoms with Crippen molar-refractivity contribution < 1.29 is 0 Å². The minimum atomic E-state index is 0.832. The lowest BCUT2D eigenvalue weighted by atomic mass is 10.1. The fourth-order valence-corrected chi connectivity index (χ4v) is 2.05. The van der Waals surface area contributed by atoms with Gasteiger partial charge < -0.3 is 0 Å². The molecule has 2 aromatic rings. The maximum absolute atomic E-state index is 4.13. The molecule has 2 rings (SSSR count). The summed E-state index contributed by atoms with van der Waals surface area (Å²) in [4.78, 5) is 4.13. The van der Waals surface area contributed by atoms with Crippen molar-refractivity contribution in [1.82, 2.24) is 4.98 Å². The summed E-state index contributed by atoms with van der Waals surface area (Å²) < 4.78 is 1.82. The smallest absolute Gasteiger partial charge is 0.120 e. The first kappa shape index (κ1) is 9.87. The number of benzene rings is 1. The van der Waals surface area contributed by atoms with Crippen molar-refractivity contribution in [2.75, 3.05) is 0 Å². The zero-order valence-corrected chi connectivity index (χ0v) is 10.4. The van der Waals surface area contributed by atoms with Crippen LogP contribution in [0.5, 0.6) is 0 Å². The fourth-order valence-electron chi connectivity index (χ4n) is 1.26. The lowest BCUT2D eigenvalue weighted by Crippen LogP contribution is -1.83. The molecule has 0 N–H and O–H groups in total. The second kappa shape index (κ2) is 4.24. The van der Waals surface area contributed by atoms with E-state index in [0.717, 1.165) is 14.6 Å². The van der Waals surface area contributed by atoms with Crippen LogP contribution < -0.4 is 0 Å². The van der Waals surface area contributed by atoms with Crippen molar-refractivity contribution in [3.8, 4) is 11.1 Å². The number of hydrogen-bond donors (Lipinski definition) is 0. The summed E-state index contributed by atoms with van der Waals surface area (Å²) in [6, 6.07) is 12.2. The van der Waals surface area contributed by atoms with Gasteiger partial charge in [-0.2, -0.15) is 0 Å². The average Bonchev–Trinajstić information content (AvgIpc) is 2.23. The molecule has 0 aliphatic rings. The van der Waals surface area contributed by atoms with Crippen LogP contribution in [0.2, 0.25) is 0 Å². The normalized spacial score (nSPS) is 10.1. The molecule has 1 nitrogen and oxygen atoms in total. The number of halogens is 2. The second-order valence-corrected chi connectivity index (χ2v) is 4.37. The van der Waals surface area contributed by atoms with Gasteiger partial charge in [-0.3, -0.25) is 0 Å². The third kappa shape index (κ3) is 1.88. The fraction of sp³-hybridized carbons (Fsp3) is 0. The van der Waals surface area contributed by atoms with Crippen molar-refractivity contribution in [1.29, 1.82) is 0 Å². The van der Waals surface area contributed by atoms with E-state index in [1.54, 1.807) is 6.20 Å². The largest absolute Gasteiger partial charge is 0.248 e. The van der Waals surface area contributed by atoms with Crippen LogP contribution in [-0.4, -0.2) is 4.98 Å². The zero-order chi connectivity index (χ0) is 9.97. The van der Waals surface area contributed by atoms with E-state index in [0.29, 0.717) is 0 Å². The van der Waals surface area contributed by atoms with Crippen LogP contribution in [0.1, 0.15) is 0 Å². The predicted molar refractivity (Wildman–Crippen MR) is 65.1 cm³/mol. The van der Waals surface area contributed by atoms with E-state index in [1.165, 1.54) is 5.56 Å². The van der Waals surface area contributed by atoms with Crippen LogP contribution in [0, 0.1) is 0 Å². The van der Waals surface area contributed by atoms with Gasteiger partial charge in [-0.25, -0.2) is 4.98 Å². The van der Waals surface area contributed by atoms with Gasteiger partial charge in [0.25, 0.3) is 0 Å². The molecule has 0 spiro atoms. The van der Waals surface area contributed by atoms with Gasteiger partial charge in [-0.05, 0) is 43.5 Å². The van der Waals surface area contributed by atoms with Crippen LogP contribution in [0.15, 0.2) is 51.7 Å². The van der Waals surface area contributed by atoms with Gasteiger partial charge in [-0.15, -0.1) is 0 Å². The molecule has 3 heteroatoms. The molecule has 0 aliphatic heterocycles. The van der Waals surface area contributed by atoms with Gasteiger partial charge in [0, 0.05) is 11.8 Å². The molecule has 0 unspecified atom stereocenters. The summed E-state index contributed by atoms with van der Waals surface area (Å²) in [5.74, 6) is 0. The van der Waals surface area contributed by atoms with Crippen molar-refractivity contribution in [3.63, 3.8) is 0 Å². The van der Waals surface area contributed by atoms with Gasteiger partial charge >= 0.3 is 0 Å². The van der Waals surface area contributed by atoms with E-state index < -0.39 is 0 Å². The Labute approximate surface area is 99.4 Å². The molecule has 0 aliphatic carbocycles.